The van der Waals surface area contributed by atoms with Gasteiger partial charge in [-0.15, -0.1) is 0 Å². The molecule has 3 aromatic rings. The van der Waals surface area contributed by atoms with Crippen LogP contribution in [0.1, 0.15) is 11.3 Å². The number of fused-ring (bicyclic) bond motifs is 1. The number of H-pyrrole nitrogens is 1. The van der Waals surface area contributed by atoms with Crippen LogP contribution < -0.4 is 5.32 Å². The third-order valence-corrected chi connectivity index (χ3v) is 2.91. The fourth-order valence-electron chi connectivity index (χ4n) is 1.98. The van der Waals surface area contributed by atoms with Gasteiger partial charge in [0.1, 0.15) is 0 Å². The van der Waals surface area contributed by atoms with Gasteiger partial charge in [0.2, 0.25) is 5.91 Å². The molecule has 0 bridgehead atoms. The molecule has 0 fully saturated rings. The third kappa shape index (κ3) is 2.47. The zero-order valence-corrected chi connectivity index (χ0v) is 10.2. The van der Waals surface area contributed by atoms with E-state index in [-0.39, 0.29) is 5.91 Å². The second-order valence-electron chi connectivity index (χ2n) is 4.23. The summed E-state index contributed by atoms with van der Waals surface area (Å²) >= 11 is 0. The summed E-state index contributed by atoms with van der Waals surface area (Å²) in [5, 5.41) is 13.6. The van der Waals surface area contributed by atoms with Crippen LogP contribution in [0.3, 0.4) is 0 Å². The van der Waals surface area contributed by atoms with Crippen LogP contribution in [0, 0.1) is 0 Å². The maximum atomic E-state index is 11.8. The molecule has 0 saturated carbocycles. The van der Waals surface area contributed by atoms with Gasteiger partial charge in [-0.25, -0.2) is 4.52 Å². The number of hydrogen-bond donors (Lipinski definition) is 2. The van der Waals surface area contributed by atoms with E-state index in [2.05, 4.69) is 20.6 Å². The molecule has 6 heteroatoms. The predicted molar refractivity (Wildman–Crippen MR) is 69.3 cm³/mol. The van der Waals surface area contributed by atoms with Gasteiger partial charge in [0, 0.05) is 30.8 Å². The lowest BCUT2D eigenvalue weighted by molar-refractivity contribution is -0.120. The highest BCUT2D eigenvalue weighted by atomic mass is 16.1. The van der Waals surface area contributed by atoms with Crippen molar-refractivity contribution in [1.82, 2.24) is 25.1 Å². The van der Waals surface area contributed by atoms with Crippen LogP contribution in [0.4, 0.5) is 0 Å². The maximum Gasteiger partial charge on any atom is 0.226 e. The smallest absolute Gasteiger partial charge is 0.226 e. The van der Waals surface area contributed by atoms with Gasteiger partial charge in [-0.05, 0) is 23.8 Å². The number of hydrogen-bond acceptors (Lipinski definition) is 3. The molecule has 0 aliphatic heterocycles. The lowest BCUT2D eigenvalue weighted by Crippen LogP contribution is -2.24. The number of nitrogens with zero attached hydrogens (tertiary/aromatic N) is 3. The molecule has 3 heterocycles. The van der Waals surface area contributed by atoms with E-state index in [9.17, 15) is 4.79 Å². The molecule has 19 heavy (non-hydrogen) atoms. The van der Waals surface area contributed by atoms with Crippen molar-refractivity contribution in [3.63, 3.8) is 0 Å². The molecule has 0 radical (unpaired) electrons. The summed E-state index contributed by atoms with van der Waals surface area (Å²) in [5.41, 5.74) is 2.85. The summed E-state index contributed by atoms with van der Waals surface area (Å²) in [7, 11) is 0. The SMILES string of the molecule is O=C(Cc1ccn[nH]1)NCc1cccn2nccc12. The Balaban J connectivity index is 1.66. The van der Waals surface area contributed by atoms with Crippen LogP contribution in [-0.2, 0) is 17.8 Å². The van der Waals surface area contributed by atoms with E-state index in [4.69, 9.17) is 0 Å². The second-order valence-corrected chi connectivity index (χ2v) is 4.23. The monoisotopic (exact) mass is 255 g/mol. The molecule has 2 N–H and O–H groups in total. The number of aromatic amines is 1. The maximum absolute atomic E-state index is 11.8. The summed E-state index contributed by atoms with van der Waals surface area (Å²) in [6, 6.07) is 7.61. The Morgan fingerprint density at radius 1 is 1.32 bits per heavy atom. The first-order valence-electron chi connectivity index (χ1n) is 5.99. The summed E-state index contributed by atoms with van der Waals surface area (Å²) in [6.45, 7) is 0.489. The van der Waals surface area contributed by atoms with Gasteiger partial charge in [-0.2, -0.15) is 10.2 Å². The van der Waals surface area contributed by atoms with E-state index in [1.807, 2.05) is 24.4 Å². The largest absolute Gasteiger partial charge is 0.352 e. The first kappa shape index (κ1) is 11.5. The Kier molecular flexibility index (Phi) is 2.97. The van der Waals surface area contributed by atoms with Crippen molar-refractivity contribution in [3.05, 3.63) is 54.1 Å². The Morgan fingerprint density at radius 2 is 2.26 bits per heavy atom. The number of carbonyl (C=O) groups excluding carboxylic acids is 1. The quantitative estimate of drug-likeness (QED) is 0.727. The van der Waals surface area contributed by atoms with Gasteiger partial charge in [-0.1, -0.05) is 6.07 Å². The van der Waals surface area contributed by atoms with Crippen molar-refractivity contribution < 1.29 is 4.79 Å². The Hall–Kier alpha value is -2.63. The molecule has 0 saturated heterocycles. The van der Waals surface area contributed by atoms with Gasteiger partial charge < -0.3 is 5.32 Å². The Morgan fingerprint density at radius 3 is 3.11 bits per heavy atom. The molecule has 3 rings (SSSR count). The number of carbonyl (C=O) groups is 1. The van der Waals surface area contributed by atoms with Gasteiger partial charge >= 0.3 is 0 Å². The summed E-state index contributed by atoms with van der Waals surface area (Å²) < 4.78 is 1.79. The molecule has 0 aliphatic carbocycles. The lowest BCUT2D eigenvalue weighted by atomic mass is 10.2. The van der Waals surface area contributed by atoms with Crippen molar-refractivity contribution in [2.45, 2.75) is 13.0 Å². The number of amides is 1. The van der Waals surface area contributed by atoms with E-state index >= 15 is 0 Å². The molecule has 0 aliphatic rings. The highest BCUT2D eigenvalue weighted by Crippen LogP contribution is 2.09. The van der Waals surface area contributed by atoms with Gasteiger partial charge in [0.25, 0.3) is 0 Å². The summed E-state index contributed by atoms with van der Waals surface area (Å²) in [4.78, 5) is 11.8. The molecule has 0 aromatic carbocycles. The van der Waals surface area contributed by atoms with Crippen molar-refractivity contribution >= 4 is 11.4 Å². The van der Waals surface area contributed by atoms with E-state index in [0.29, 0.717) is 13.0 Å². The third-order valence-electron chi connectivity index (χ3n) is 2.91. The second kappa shape index (κ2) is 4.93. The average molecular weight is 255 g/mol. The molecule has 3 aromatic heterocycles. The number of rotatable bonds is 4. The highest BCUT2D eigenvalue weighted by Gasteiger charge is 2.06. The van der Waals surface area contributed by atoms with E-state index < -0.39 is 0 Å². The summed E-state index contributed by atoms with van der Waals surface area (Å²) in [6.07, 6.45) is 5.56. The molecular formula is C13H13N5O. The number of pyridine rings is 1. The van der Waals surface area contributed by atoms with Crippen LogP contribution in [0.2, 0.25) is 0 Å². The standard InChI is InChI=1S/C13H13N5O/c19-13(8-11-3-5-15-17-11)14-9-10-2-1-7-18-12(10)4-6-16-18/h1-7H,8-9H2,(H,14,19)(H,15,17). The van der Waals surface area contributed by atoms with Crippen molar-refractivity contribution in [2.75, 3.05) is 0 Å². The van der Waals surface area contributed by atoms with E-state index in [0.717, 1.165) is 16.8 Å². The van der Waals surface area contributed by atoms with E-state index in [1.165, 1.54) is 0 Å². The highest BCUT2D eigenvalue weighted by molar-refractivity contribution is 5.78. The van der Waals surface area contributed by atoms with Crippen LogP contribution in [-0.4, -0.2) is 25.7 Å². The van der Waals surface area contributed by atoms with Gasteiger partial charge in [0.15, 0.2) is 0 Å². The minimum Gasteiger partial charge on any atom is -0.352 e. The normalized spacial score (nSPS) is 10.7. The van der Waals surface area contributed by atoms with Crippen molar-refractivity contribution in [3.8, 4) is 0 Å². The molecule has 0 spiro atoms. The fourth-order valence-corrected chi connectivity index (χ4v) is 1.98. The minimum atomic E-state index is -0.0363. The van der Waals surface area contributed by atoms with Crippen molar-refractivity contribution in [2.24, 2.45) is 0 Å². The molecular weight excluding hydrogens is 242 g/mol. The number of aromatic nitrogens is 4. The lowest BCUT2D eigenvalue weighted by Gasteiger charge is -2.06. The molecule has 6 nitrogen and oxygen atoms in total. The minimum absolute atomic E-state index is 0.0363. The summed E-state index contributed by atoms with van der Waals surface area (Å²) in [5.74, 6) is -0.0363. The molecule has 0 atom stereocenters. The average Bonchev–Trinajstić information content (AvgIpc) is 3.06. The predicted octanol–water partition coefficient (Wildman–Crippen LogP) is 0.916. The van der Waals surface area contributed by atoms with Crippen LogP contribution in [0.15, 0.2) is 42.9 Å². The van der Waals surface area contributed by atoms with Crippen LogP contribution in [0.5, 0.6) is 0 Å². The van der Waals surface area contributed by atoms with Crippen LogP contribution >= 0.6 is 0 Å². The molecule has 96 valence electrons. The van der Waals surface area contributed by atoms with Gasteiger partial charge in [0.05, 0.1) is 11.9 Å². The topological polar surface area (TPSA) is 75.1 Å². The van der Waals surface area contributed by atoms with Gasteiger partial charge in [-0.3, -0.25) is 9.89 Å². The van der Waals surface area contributed by atoms with Crippen molar-refractivity contribution in [1.29, 1.82) is 0 Å². The Labute approximate surface area is 109 Å². The van der Waals surface area contributed by atoms with E-state index in [1.54, 1.807) is 23.0 Å². The molecule has 0 unspecified atom stereocenters. The first-order chi connectivity index (χ1) is 9.33. The first-order valence-corrected chi connectivity index (χ1v) is 5.99. The zero-order valence-electron chi connectivity index (χ0n) is 10.2. The fraction of sp³-hybridized carbons (Fsp3) is 0.154. The molecule has 1 amide bonds. The number of nitrogens with one attached hydrogen (secondary N) is 2. The Bertz CT molecular complexity index is 686. The zero-order chi connectivity index (χ0) is 13.1. The van der Waals surface area contributed by atoms with Crippen LogP contribution in [0.25, 0.3) is 5.52 Å².